The molecule has 2 aromatic carbocycles. The Kier molecular flexibility index (Phi) is 3.04. The third-order valence-electron chi connectivity index (χ3n) is 2.77. The highest BCUT2D eigenvalue weighted by Gasteiger charge is 2.40. The van der Waals surface area contributed by atoms with Crippen LogP contribution in [0, 0.1) is 0 Å². The van der Waals surface area contributed by atoms with Gasteiger partial charge in [-0.25, -0.2) is 4.79 Å². The van der Waals surface area contributed by atoms with Crippen molar-refractivity contribution in [1.29, 1.82) is 0 Å². The summed E-state index contributed by atoms with van der Waals surface area (Å²) in [5.41, 5.74) is -1.82. The fourth-order valence-electron chi connectivity index (χ4n) is 1.82. The second kappa shape index (κ2) is 4.50. The van der Waals surface area contributed by atoms with Gasteiger partial charge in [-0.2, -0.15) is 0 Å². The molecule has 92 valence electrons. The number of aromatic hydroxyl groups is 1. The normalized spacial score (nSPS) is 13.8. The lowest BCUT2D eigenvalue weighted by Gasteiger charge is -2.24. The predicted molar refractivity (Wildman–Crippen MR) is 65.2 cm³/mol. The van der Waals surface area contributed by atoms with Crippen LogP contribution >= 0.6 is 0 Å². The van der Waals surface area contributed by atoms with Gasteiger partial charge in [0.25, 0.3) is 0 Å². The number of aliphatic hydroxyl groups is 1. The van der Waals surface area contributed by atoms with Gasteiger partial charge in [0.15, 0.2) is 0 Å². The maximum absolute atomic E-state index is 11.4. The maximum atomic E-state index is 11.4. The van der Waals surface area contributed by atoms with Crippen molar-refractivity contribution in [3.63, 3.8) is 0 Å². The molecule has 0 saturated carbocycles. The number of benzene rings is 2. The summed E-state index contributed by atoms with van der Waals surface area (Å²) in [5, 5.41) is 29.1. The fourth-order valence-corrected chi connectivity index (χ4v) is 1.82. The predicted octanol–water partition coefficient (Wildman–Crippen LogP) is 1.71. The monoisotopic (exact) mass is 244 g/mol. The van der Waals surface area contributed by atoms with E-state index in [-0.39, 0.29) is 16.9 Å². The first kappa shape index (κ1) is 12.1. The molecule has 18 heavy (non-hydrogen) atoms. The third-order valence-corrected chi connectivity index (χ3v) is 2.77. The Labute approximate surface area is 104 Å². The first-order valence-electron chi connectivity index (χ1n) is 5.36. The van der Waals surface area contributed by atoms with Gasteiger partial charge in [-0.3, -0.25) is 0 Å². The fraction of sp³-hybridized carbons (Fsp3) is 0.0714. The van der Waals surface area contributed by atoms with E-state index in [1.165, 1.54) is 36.4 Å². The Balaban J connectivity index is 2.62. The topological polar surface area (TPSA) is 77.8 Å². The molecule has 0 aliphatic rings. The van der Waals surface area contributed by atoms with E-state index < -0.39 is 11.6 Å². The van der Waals surface area contributed by atoms with E-state index >= 15 is 0 Å². The Morgan fingerprint density at radius 3 is 2.11 bits per heavy atom. The van der Waals surface area contributed by atoms with Crippen molar-refractivity contribution >= 4 is 5.97 Å². The van der Waals surface area contributed by atoms with Crippen molar-refractivity contribution in [2.24, 2.45) is 0 Å². The van der Waals surface area contributed by atoms with Crippen molar-refractivity contribution in [3.05, 3.63) is 65.7 Å². The Hall–Kier alpha value is -2.33. The zero-order valence-electron chi connectivity index (χ0n) is 9.45. The SMILES string of the molecule is O=C(O)C(O)(c1ccccc1)c1cccc(O)c1. The molecule has 0 heterocycles. The summed E-state index contributed by atoms with van der Waals surface area (Å²) in [6, 6.07) is 13.7. The zero-order valence-corrected chi connectivity index (χ0v) is 9.45. The van der Waals surface area contributed by atoms with Gasteiger partial charge in [0.1, 0.15) is 5.75 Å². The molecule has 0 aromatic heterocycles. The molecule has 0 fully saturated rings. The van der Waals surface area contributed by atoms with Gasteiger partial charge < -0.3 is 15.3 Å². The summed E-state index contributed by atoms with van der Waals surface area (Å²) in [6.07, 6.45) is 0. The Morgan fingerprint density at radius 1 is 0.944 bits per heavy atom. The van der Waals surface area contributed by atoms with Gasteiger partial charge in [0.05, 0.1) is 0 Å². The number of carboxylic acid groups (broad SMARTS) is 1. The van der Waals surface area contributed by atoms with Gasteiger partial charge >= 0.3 is 5.97 Å². The molecule has 2 rings (SSSR count). The molecule has 0 radical (unpaired) electrons. The summed E-state index contributed by atoms with van der Waals surface area (Å²) in [5.74, 6) is -1.48. The van der Waals surface area contributed by atoms with Crippen molar-refractivity contribution < 1.29 is 20.1 Å². The number of aliphatic carboxylic acids is 1. The Morgan fingerprint density at radius 2 is 1.56 bits per heavy atom. The summed E-state index contributed by atoms with van der Waals surface area (Å²) < 4.78 is 0. The van der Waals surface area contributed by atoms with Crippen LogP contribution in [0.25, 0.3) is 0 Å². The van der Waals surface area contributed by atoms with Gasteiger partial charge in [-0.05, 0) is 17.7 Å². The molecule has 3 N–H and O–H groups in total. The molecule has 1 unspecified atom stereocenters. The number of phenolic OH excluding ortho intramolecular Hbond substituents is 1. The van der Waals surface area contributed by atoms with Crippen LogP contribution in [0.4, 0.5) is 0 Å². The molecule has 4 nitrogen and oxygen atoms in total. The van der Waals surface area contributed by atoms with Crippen molar-refractivity contribution in [3.8, 4) is 5.75 Å². The average molecular weight is 244 g/mol. The minimum Gasteiger partial charge on any atom is -0.508 e. The smallest absolute Gasteiger partial charge is 0.345 e. The van der Waals surface area contributed by atoms with Crippen LogP contribution in [0.3, 0.4) is 0 Å². The molecule has 0 bridgehead atoms. The number of hydrogen-bond donors (Lipinski definition) is 3. The summed E-state index contributed by atoms with van der Waals surface area (Å²) in [6.45, 7) is 0. The van der Waals surface area contributed by atoms with Gasteiger partial charge in [0, 0.05) is 5.56 Å². The Bertz CT molecular complexity index is 565. The first-order chi connectivity index (χ1) is 8.55. The first-order valence-corrected chi connectivity index (χ1v) is 5.36. The van der Waals surface area contributed by atoms with E-state index in [4.69, 9.17) is 0 Å². The molecule has 0 saturated heterocycles. The van der Waals surface area contributed by atoms with Crippen LogP contribution in [-0.2, 0) is 10.4 Å². The number of carboxylic acids is 1. The van der Waals surface area contributed by atoms with Crippen LogP contribution in [0.1, 0.15) is 11.1 Å². The summed E-state index contributed by atoms with van der Waals surface area (Å²) in [7, 11) is 0. The second-order valence-electron chi connectivity index (χ2n) is 3.93. The number of phenols is 1. The molecule has 1 atom stereocenters. The highest BCUT2D eigenvalue weighted by Crippen LogP contribution is 2.31. The van der Waals surface area contributed by atoms with E-state index in [9.17, 15) is 20.1 Å². The standard InChI is InChI=1S/C14H12O4/c15-12-8-4-7-11(9-12)14(18,13(16)17)10-5-2-1-3-6-10/h1-9,15,18H,(H,16,17). The van der Waals surface area contributed by atoms with Gasteiger partial charge in [-0.1, -0.05) is 42.5 Å². The van der Waals surface area contributed by atoms with Crippen LogP contribution in [0.5, 0.6) is 5.75 Å². The second-order valence-corrected chi connectivity index (χ2v) is 3.93. The minimum atomic E-state index is -2.17. The lowest BCUT2D eigenvalue weighted by atomic mass is 9.86. The quantitative estimate of drug-likeness (QED) is 0.768. The summed E-state index contributed by atoms with van der Waals surface area (Å²) in [4.78, 5) is 11.4. The van der Waals surface area contributed by atoms with E-state index in [0.29, 0.717) is 0 Å². The van der Waals surface area contributed by atoms with E-state index in [2.05, 4.69) is 0 Å². The lowest BCUT2D eigenvalue weighted by molar-refractivity contribution is -0.155. The highest BCUT2D eigenvalue weighted by molar-refractivity contribution is 5.83. The molecule has 0 aliphatic heterocycles. The average Bonchev–Trinajstić information content (AvgIpc) is 2.38. The van der Waals surface area contributed by atoms with E-state index in [1.54, 1.807) is 18.2 Å². The number of hydrogen-bond acceptors (Lipinski definition) is 3. The molecule has 4 heteroatoms. The summed E-state index contributed by atoms with van der Waals surface area (Å²) >= 11 is 0. The molecule has 0 amide bonds. The zero-order chi connectivity index (χ0) is 13.2. The largest absolute Gasteiger partial charge is 0.508 e. The molecule has 0 spiro atoms. The van der Waals surface area contributed by atoms with Crippen LogP contribution in [0.2, 0.25) is 0 Å². The third kappa shape index (κ3) is 1.94. The lowest BCUT2D eigenvalue weighted by Crippen LogP contribution is -2.36. The molecular weight excluding hydrogens is 232 g/mol. The number of rotatable bonds is 3. The van der Waals surface area contributed by atoms with Crippen molar-refractivity contribution in [2.75, 3.05) is 0 Å². The maximum Gasteiger partial charge on any atom is 0.345 e. The van der Waals surface area contributed by atoms with E-state index in [1.807, 2.05) is 0 Å². The molecule has 2 aromatic rings. The number of carbonyl (C=O) groups is 1. The van der Waals surface area contributed by atoms with Crippen LogP contribution in [0.15, 0.2) is 54.6 Å². The molecule has 0 aliphatic carbocycles. The van der Waals surface area contributed by atoms with Crippen LogP contribution < -0.4 is 0 Å². The van der Waals surface area contributed by atoms with E-state index in [0.717, 1.165) is 0 Å². The van der Waals surface area contributed by atoms with Crippen molar-refractivity contribution in [1.82, 2.24) is 0 Å². The minimum absolute atomic E-state index is 0.0943. The van der Waals surface area contributed by atoms with Crippen molar-refractivity contribution in [2.45, 2.75) is 5.60 Å². The highest BCUT2D eigenvalue weighted by atomic mass is 16.4. The van der Waals surface area contributed by atoms with Gasteiger partial charge in [0.2, 0.25) is 5.60 Å². The van der Waals surface area contributed by atoms with Gasteiger partial charge in [-0.15, -0.1) is 0 Å². The molecular formula is C14H12O4. The van der Waals surface area contributed by atoms with Crippen LogP contribution in [-0.4, -0.2) is 21.3 Å².